The largest absolute Gasteiger partial charge is 0.481 e. The van der Waals surface area contributed by atoms with Crippen molar-refractivity contribution in [2.24, 2.45) is 0 Å². The molecule has 2 amide bonds. The first-order chi connectivity index (χ1) is 7.59. The summed E-state index contributed by atoms with van der Waals surface area (Å²) in [7, 11) is 0. The Morgan fingerprint density at radius 3 is 2.75 bits per heavy atom. The lowest BCUT2D eigenvalue weighted by atomic mass is 10.2. The van der Waals surface area contributed by atoms with Crippen molar-refractivity contribution in [2.45, 2.75) is 38.1 Å². The second-order valence-electron chi connectivity index (χ2n) is 3.80. The lowest BCUT2D eigenvalue weighted by molar-refractivity contribution is -0.137. The van der Waals surface area contributed by atoms with E-state index in [1.807, 2.05) is 0 Å². The maximum absolute atomic E-state index is 11.4. The maximum atomic E-state index is 11.4. The highest BCUT2D eigenvalue weighted by molar-refractivity contribution is 5.90. The normalized spacial score (nSPS) is 19.2. The van der Waals surface area contributed by atoms with E-state index >= 15 is 0 Å². The molecule has 16 heavy (non-hydrogen) atoms. The Kier molecular flexibility index (Phi) is 4.75. The highest BCUT2D eigenvalue weighted by Crippen LogP contribution is 2.06. The highest BCUT2D eigenvalue weighted by Gasteiger charge is 2.26. The van der Waals surface area contributed by atoms with Gasteiger partial charge in [-0.1, -0.05) is 0 Å². The average molecular weight is 228 g/mol. The van der Waals surface area contributed by atoms with Crippen molar-refractivity contribution in [3.63, 3.8) is 0 Å². The second-order valence-corrected chi connectivity index (χ2v) is 3.80. The zero-order valence-electron chi connectivity index (χ0n) is 8.99. The van der Waals surface area contributed by atoms with Gasteiger partial charge in [-0.2, -0.15) is 0 Å². The van der Waals surface area contributed by atoms with Gasteiger partial charge in [0.25, 0.3) is 0 Å². The minimum atomic E-state index is -0.825. The van der Waals surface area contributed by atoms with Gasteiger partial charge in [0, 0.05) is 19.4 Å². The van der Waals surface area contributed by atoms with Crippen LogP contribution in [0.3, 0.4) is 0 Å². The molecule has 1 aliphatic heterocycles. The molecule has 0 saturated carbocycles. The van der Waals surface area contributed by atoms with Gasteiger partial charge in [0.2, 0.25) is 11.8 Å². The van der Waals surface area contributed by atoms with E-state index in [4.69, 9.17) is 5.11 Å². The molecule has 0 aliphatic carbocycles. The summed E-state index contributed by atoms with van der Waals surface area (Å²) in [5.41, 5.74) is 0. The Hall–Kier alpha value is -1.59. The molecule has 0 aromatic carbocycles. The van der Waals surface area contributed by atoms with Crippen LogP contribution < -0.4 is 10.6 Å². The van der Waals surface area contributed by atoms with Gasteiger partial charge in [0.1, 0.15) is 6.04 Å². The van der Waals surface area contributed by atoms with E-state index in [0.717, 1.165) is 0 Å². The summed E-state index contributed by atoms with van der Waals surface area (Å²) < 4.78 is 0. The molecule has 0 aromatic rings. The van der Waals surface area contributed by atoms with Crippen molar-refractivity contribution in [3.8, 4) is 0 Å². The predicted molar refractivity (Wildman–Crippen MR) is 55.7 cm³/mol. The van der Waals surface area contributed by atoms with E-state index in [2.05, 4.69) is 10.6 Å². The van der Waals surface area contributed by atoms with E-state index in [1.165, 1.54) is 0 Å². The van der Waals surface area contributed by atoms with Crippen LogP contribution in [-0.4, -0.2) is 35.5 Å². The molecule has 0 spiro atoms. The quantitative estimate of drug-likeness (QED) is 0.541. The highest BCUT2D eigenvalue weighted by atomic mass is 16.4. The molecule has 1 atom stereocenters. The van der Waals surface area contributed by atoms with Gasteiger partial charge < -0.3 is 15.7 Å². The lowest BCUT2D eigenvalue weighted by Crippen LogP contribution is -2.41. The molecule has 3 N–H and O–H groups in total. The summed E-state index contributed by atoms with van der Waals surface area (Å²) in [6, 6.07) is -0.410. The summed E-state index contributed by atoms with van der Waals surface area (Å²) in [4.78, 5) is 32.5. The van der Waals surface area contributed by atoms with Crippen molar-refractivity contribution < 1.29 is 19.5 Å². The Morgan fingerprint density at radius 1 is 1.44 bits per heavy atom. The van der Waals surface area contributed by atoms with Gasteiger partial charge >= 0.3 is 5.97 Å². The van der Waals surface area contributed by atoms with Crippen LogP contribution in [0.4, 0.5) is 0 Å². The van der Waals surface area contributed by atoms with E-state index in [1.54, 1.807) is 0 Å². The van der Waals surface area contributed by atoms with Crippen molar-refractivity contribution >= 4 is 17.8 Å². The number of rotatable bonds is 6. The molecule has 6 heteroatoms. The molecule has 0 unspecified atom stereocenters. The summed E-state index contributed by atoms with van der Waals surface area (Å²) >= 11 is 0. The summed E-state index contributed by atoms with van der Waals surface area (Å²) in [6.07, 6.45) is 2.25. The van der Waals surface area contributed by atoms with E-state index in [-0.39, 0.29) is 18.2 Å². The molecule has 1 saturated heterocycles. The number of hydrogen-bond acceptors (Lipinski definition) is 3. The number of carbonyl (C=O) groups is 3. The Labute approximate surface area is 93.4 Å². The van der Waals surface area contributed by atoms with Crippen LogP contribution in [0.1, 0.15) is 32.1 Å². The predicted octanol–water partition coefficient (Wildman–Crippen LogP) is -0.364. The summed E-state index contributed by atoms with van der Waals surface area (Å²) in [5.74, 6) is -1.10. The smallest absolute Gasteiger partial charge is 0.303 e. The first kappa shape index (κ1) is 12.5. The maximum Gasteiger partial charge on any atom is 0.303 e. The molecule has 1 aliphatic rings. The first-order valence-corrected chi connectivity index (χ1v) is 5.38. The molecular formula is C10H16N2O4. The van der Waals surface area contributed by atoms with Crippen LogP contribution in [0.25, 0.3) is 0 Å². The fourth-order valence-electron chi connectivity index (χ4n) is 1.55. The van der Waals surface area contributed by atoms with Crippen molar-refractivity contribution in [2.75, 3.05) is 6.54 Å². The molecule has 1 rings (SSSR count). The number of carbonyl (C=O) groups excluding carboxylic acids is 2. The molecular weight excluding hydrogens is 212 g/mol. The number of carboxylic acids is 1. The number of nitrogens with one attached hydrogen (secondary N) is 2. The summed E-state index contributed by atoms with van der Waals surface area (Å²) in [5, 5.41) is 13.6. The zero-order valence-corrected chi connectivity index (χ0v) is 8.99. The lowest BCUT2D eigenvalue weighted by Gasteiger charge is -2.10. The standard InChI is InChI=1S/C10H16N2O4/c13-8-5-4-7(12-8)10(16)11-6-2-1-3-9(14)15/h7H,1-6H2,(H,11,16)(H,12,13)(H,14,15)/t7-/m1/s1. The van der Waals surface area contributed by atoms with Crippen LogP contribution in [0.15, 0.2) is 0 Å². The average Bonchev–Trinajstić information content (AvgIpc) is 2.63. The molecule has 0 aromatic heterocycles. The first-order valence-electron chi connectivity index (χ1n) is 5.38. The molecule has 0 bridgehead atoms. The minimum Gasteiger partial charge on any atom is -0.481 e. The Morgan fingerprint density at radius 2 is 2.19 bits per heavy atom. The zero-order chi connectivity index (χ0) is 12.0. The molecule has 90 valence electrons. The van der Waals surface area contributed by atoms with E-state index < -0.39 is 12.0 Å². The Bertz CT molecular complexity index is 291. The molecule has 6 nitrogen and oxygen atoms in total. The third-order valence-corrected chi connectivity index (χ3v) is 2.43. The molecule has 0 radical (unpaired) electrons. The molecule has 1 heterocycles. The van der Waals surface area contributed by atoms with Crippen LogP contribution in [0.2, 0.25) is 0 Å². The number of unbranched alkanes of at least 4 members (excludes halogenated alkanes) is 1. The second kappa shape index (κ2) is 6.09. The fourth-order valence-corrected chi connectivity index (χ4v) is 1.55. The third-order valence-electron chi connectivity index (χ3n) is 2.43. The van der Waals surface area contributed by atoms with Crippen LogP contribution in [-0.2, 0) is 14.4 Å². The SMILES string of the molecule is O=C(O)CCCCNC(=O)[C@H]1CCC(=O)N1. The minimum absolute atomic E-state index is 0.0916. The number of amides is 2. The van der Waals surface area contributed by atoms with Gasteiger partial charge in [-0.3, -0.25) is 14.4 Å². The van der Waals surface area contributed by atoms with Gasteiger partial charge in [-0.05, 0) is 19.3 Å². The fraction of sp³-hybridized carbons (Fsp3) is 0.700. The van der Waals surface area contributed by atoms with Crippen molar-refractivity contribution in [3.05, 3.63) is 0 Å². The van der Waals surface area contributed by atoms with Gasteiger partial charge in [-0.15, -0.1) is 0 Å². The van der Waals surface area contributed by atoms with Crippen molar-refractivity contribution in [1.29, 1.82) is 0 Å². The monoisotopic (exact) mass is 228 g/mol. The van der Waals surface area contributed by atoms with Gasteiger partial charge in [0.05, 0.1) is 0 Å². The van der Waals surface area contributed by atoms with E-state index in [0.29, 0.717) is 32.2 Å². The van der Waals surface area contributed by atoms with E-state index in [9.17, 15) is 14.4 Å². The van der Waals surface area contributed by atoms with Gasteiger partial charge in [-0.25, -0.2) is 0 Å². The van der Waals surface area contributed by atoms with Crippen LogP contribution in [0.5, 0.6) is 0 Å². The number of hydrogen-bond donors (Lipinski definition) is 3. The summed E-state index contributed by atoms with van der Waals surface area (Å²) in [6.45, 7) is 0.457. The van der Waals surface area contributed by atoms with Gasteiger partial charge in [0.15, 0.2) is 0 Å². The number of carboxylic acid groups (broad SMARTS) is 1. The van der Waals surface area contributed by atoms with Crippen molar-refractivity contribution in [1.82, 2.24) is 10.6 Å². The Balaban J connectivity index is 2.06. The topological polar surface area (TPSA) is 95.5 Å². The third kappa shape index (κ3) is 4.29. The van der Waals surface area contributed by atoms with Crippen LogP contribution >= 0.6 is 0 Å². The molecule has 1 fully saturated rings. The number of aliphatic carboxylic acids is 1. The van der Waals surface area contributed by atoms with Crippen LogP contribution in [0, 0.1) is 0 Å².